The standard InChI is InChI=1S/C9H9F3N2O3.ClH/c1-5(14-17)7-4-6(2-3-13-7)8(15,16)9(10,11)12;/h2-4,15-17H,1H3;1H. The Morgan fingerprint density at radius 1 is 1.33 bits per heavy atom. The third-order valence-electron chi connectivity index (χ3n) is 2.08. The normalized spacial score (nSPS) is 13.1. The van der Waals surface area contributed by atoms with Crippen LogP contribution in [0.4, 0.5) is 13.2 Å². The lowest BCUT2D eigenvalue weighted by molar-refractivity contribution is -0.358. The molecule has 0 atom stereocenters. The van der Waals surface area contributed by atoms with Gasteiger partial charge in [-0.2, -0.15) is 13.2 Å². The SMILES string of the molecule is CC(=NO)c1cc(C(O)(O)C(F)(F)F)ccn1.Cl. The summed E-state index contributed by atoms with van der Waals surface area (Å²) >= 11 is 0. The van der Waals surface area contributed by atoms with Gasteiger partial charge in [0.1, 0.15) is 5.71 Å². The molecule has 0 aliphatic carbocycles. The highest BCUT2D eigenvalue weighted by Crippen LogP contribution is 2.36. The first-order valence-corrected chi connectivity index (χ1v) is 4.37. The Labute approximate surface area is 106 Å². The van der Waals surface area contributed by atoms with Crippen molar-refractivity contribution in [2.45, 2.75) is 18.9 Å². The second-order valence-electron chi connectivity index (χ2n) is 3.29. The van der Waals surface area contributed by atoms with E-state index >= 15 is 0 Å². The Kier molecular flexibility index (Phi) is 5.09. The van der Waals surface area contributed by atoms with E-state index in [1.807, 2.05) is 0 Å². The van der Waals surface area contributed by atoms with E-state index in [0.717, 1.165) is 18.3 Å². The molecule has 1 heterocycles. The second kappa shape index (κ2) is 5.51. The number of alkyl halides is 3. The van der Waals surface area contributed by atoms with E-state index in [0.29, 0.717) is 0 Å². The van der Waals surface area contributed by atoms with Gasteiger partial charge in [0.2, 0.25) is 0 Å². The molecule has 1 rings (SSSR count). The van der Waals surface area contributed by atoms with Crippen LogP contribution in [0.5, 0.6) is 0 Å². The fourth-order valence-corrected chi connectivity index (χ4v) is 1.06. The molecule has 5 nitrogen and oxygen atoms in total. The van der Waals surface area contributed by atoms with Crippen LogP contribution in [0.3, 0.4) is 0 Å². The van der Waals surface area contributed by atoms with Crippen LogP contribution in [0, 0.1) is 0 Å². The number of pyridine rings is 1. The van der Waals surface area contributed by atoms with E-state index in [1.165, 1.54) is 6.92 Å². The van der Waals surface area contributed by atoms with Gasteiger partial charge in [0, 0.05) is 11.8 Å². The first kappa shape index (κ1) is 16.6. The second-order valence-corrected chi connectivity index (χ2v) is 3.29. The van der Waals surface area contributed by atoms with Gasteiger partial charge in [0.05, 0.1) is 5.69 Å². The van der Waals surface area contributed by atoms with E-state index in [9.17, 15) is 13.2 Å². The summed E-state index contributed by atoms with van der Waals surface area (Å²) in [5.41, 5.74) is -0.954. The number of nitrogens with zero attached hydrogens (tertiary/aromatic N) is 2. The van der Waals surface area contributed by atoms with E-state index in [2.05, 4.69) is 10.1 Å². The molecule has 0 bridgehead atoms. The third-order valence-corrected chi connectivity index (χ3v) is 2.08. The third kappa shape index (κ3) is 3.09. The number of aliphatic hydroxyl groups is 2. The minimum atomic E-state index is -5.24. The van der Waals surface area contributed by atoms with Gasteiger partial charge in [-0.05, 0) is 19.1 Å². The van der Waals surface area contributed by atoms with Crippen molar-refractivity contribution >= 4 is 18.1 Å². The highest BCUT2D eigenvalue weighted by Gasteiger charge is 2.54. The quantitative estimate of drug-likeness (QED) is 0.332. The van der Waals surface area contributed by atoms with Crippen molar-refractivity contribution in [3.05, 3.63) is 29.6 Å². The van der Waals surface area contributed by atoms with Crippen LogP contribution in [0.1, 0.15) is 18.2 Å². The molecule has 102 valence electrons. The fraction of sp³-hybridized carbons (Fsp3) is 0.333. The summed E-state index contributed by atoms with van der Waals surface area (Å²) in [6.07, 6.45) is -4.29. The molecule has 3 N–H and O–H groups in total. The zero-order chi connectivity index (χ0) is 13.3. The molecule has 0 unspecified atom stereocenters. The van der Waals surface area contributed by atoms with Crippen LogP contribution >= 0.6 is 12.4 Å². The van der Waals surface area contributed by atoms with Gasteiger partial charge in [-0.1, -0.05) is 5.16 Å². The summed E-state index contributed by atoms with van der Waals surface area (Å²) in [5.74, 6) is -3.97. The Balaban J connectivity index is 0.00000289. The maximum atomic E-state index is 12.3. The minimum Gasteiger partial charge on any atom is -0.411 e. The number of hydrogen-bond donors (Lipinski definition) is 3. The molecule has 1 aromatic heterocycles. The van der Waals surface area contributed by atoms with Crippen LogP contribution in [0.15, 0.2) is 23.5 Å². The molecule has 0 aromatic carbocycles. The highest BCUT2D eigenvalue weighted by molar-refractivity contribution is 5.96. The highest BCUT2D eigenvalue weighted by atomic mass is 35.5. The zero-order valence-corrected chi connectivity index (χ0v) is 9.83. The van der Waals surface area contributed by atoms with Crippen molar-refractivity contribution < 1.29 is 28.6 Å². The lowest BCUT2D eigenvalue weighted by Gasteiger charge is -2.24. The van der Waals surface area contributed by atoms with Gasteiger partial charge >= 0.3 is 6.18 Å². The van der Waals surface area contributed by atoms with Gasteiger partial charge in [-0.3, -0.25) is 4.98 Å². The van der Waals surface area contributed by atoms with Crippen molar-refractivity contribution in [3.8, 4) is 0 Å². The van der Waals surface area contributed by atoms with Crippen molar-refractivity contribution in [3.63, 3.8) is 0 Å². The van der Waals surface area contributed by atoms with Crippen LogP contribution < -0.4 is 0 Å². The average Bonchev–Trinajstić information content (AvgIpc) is 2.26. The summed E-state index contributed by atoms with van der Waals surface area (Å²) < 4.78 is 37.0. The molecular weight excluding hydrogens is 277 g/mol. The lowest BCUT2D eigenvalue weighted by Crippen LogP contribution is -2.42. The van der Waals surface area contributed by atoms with Gasteiger partial charge in [-0.25, -0.2) is 0 Å². The first-order chi connectivity index (χ1) is 7.70. The lowest BCUT2D eigenvalue weighted by atomic mass is 10.1. The summed E-state index contributed by atoms with van der Waals surface area (Å²) in [4.78, 5) is 3.63. The Morgan fingerprint density at radius 3 is 2.33 bits per heavy atom. The molecule has 0 radical (unpaired) electrons. The first-order valence-electron chi connectivity index (χ1n) is 4.37. The number of hydrogen-bond acceptors (Lipinski definition) is 5. The van der Waals surface area contributed by atoms with Gasteiger partial charge in [0.15, 0.2) is 0 Å². The van der Waals surface area contributed by atoms with E-state index in [-0.39, 0.29) is 23.8 Å². The van der Waals surface area contributed by atoms with Gasteiger partial charge in [-0.15, -0.1) is 12.4 Å². The number of oxime groups is 1. The van der Waals surface area contributed by atoms with E-state index in [1.54, 1.807) is 0 Å². The predicted molar refractivity (Wildman–Crippen MR) is 57.7 cm³/mol. The molecule has 1 aromatic rings. The number of halogens is 4. The maximum Gasteiger partial charge on any atom is 0.447 e. The summed E-state index contributed by atoms with van der Waals surface area (Å²) in [7, 11) is 0. The van der Waals surface area contributed by atoms with Crippen LogP contribution in [0.2, 0.25) is 0 Å². The minimum absolute atomic E-state index is 0. The summed E-state index contributed by atoms with van der Waals surface area (Å²) in [6.45, 7) is 1.30. The van der Waals surface area contributed by atoms with Crippen LogP contribution in [-0.4, -0.2) is 32.3 Å². The number of rotatable bonds is 2. The average molecular weight is 287 g/mol. The Bertz CT molecular complexity index is 449. The molecule has 0 saturated heterocycles. The Morgan fingerprint density at radius 2 is 1.89 bits per heavy atom. The predicted octanol–water partition coefficient (Wildman–Crippen LogP) is 1.40. The monoisotopic (exact) mass is 286 g/mol. The van der Waals surface area contributed by atoms with Gasteiger partial charge < -0.3 is 15.4 Å². The molecule has 0 amide bonds. The molecular formula is C9H10ClF3N2O3. The smallest absolute Gasteiger partial charge is 0.411 e. The van der Waals surface area contributed by atoms with Crippen LogP contribution in [-0.2, 0) is 5.79 Å². The van der Waals surface area contributed by atoms with Crippen molar-refractivity contribution in [1.29, 1.82) is 0 Å². The van der Waals surface area contributed by atoms with Crippen molar-refractivity contribution in [1.82, 2.24) is 4.98 Å². The largest absolute Gasteiger partial charge is 0.447 e. The molecule has 18 heavy (non-hydrogen) atoms. The molecule has 0 saturated carbocycles. The molecule has 0 fully saturated rings. The summed E-state index contributed by atoms with van der Waals surface area (Å²) in [5, 5.41) is 29.2. The molecule has 0 spiro atoms. The van der Waals surface area contributed by atoms with E-state index < -0.39 is 17.5 Å². The topological polar surface area (TPSA) is 85.9 Å². The Hall–Kier alpha value is -1.38. The fourth-order valence-electron chi connectivity index (χ4n) is 1.06. The van der Waals surface area contributed by atoms with Crippen molar-refractivity contribution in [2.75, 3.05) is 0 Å². The molecule has 9 heteroatoms. The van der Waals surface area contributed by atoms with Crippen molar-refractivity contribution in [2.24, 2.45) is 5.16 Å². The maximum absolute atomic E-state index is 12.3. The summed E-state index contributed by atoms with van der Waals surface area (Å²) in [6, 6.07) is 1.59. The number of aromatic nitrogens is 1. The molecule has 0 aliphatic heterocycles. The molecule has 0 aliphatic rings. The van der Waals surface area contributed by atoms with Gasteiger partial charge in [0.25, 0.3) is 5.79 Å². The van der Waals surface area contributed by atoms with E-state index in [4.69, 9.17) is 15.4 Å². The van der Waals surface area contributed by atoms with Crippen LogP contribution in [0.25, 0.3) is 0 Å². The zero-order valence-electron chi connectivity index (χ0n) is 9.01.